The molecule has 2 aliphatic heterocycles. The van der Waals surface area contributed by atoms with Crippen LogP contribution >= 0.6 is 11.8 Å². The van der Waals surface area contributed by atoms with Crippen molar-refractivity contribution in [1.29, 1.82) is 0 Å². The van der Waals surface area contributed by atoms with Crippen molar-refractivity contribution in [2.45, 2.75) is 28.9 Å². The summed E-state index contributed by atoms with van der Waals surface area (Å²) in [5.74, 6) is 0.122. The number of carbonyl (C=O) groups is 1. The van der Waals surface area contributed by atoms with Crippen LogP contribution in [0.4, 0.5) is 5.69 Å². The Morgan fingerprint density at radius 1 is 1.19 bits per heavy atom. The van der Waals surface area contributed by atoms with Crippen molar-refractivity contribution in [2.24, 2.45) is 4.40 Å². The first-order valence-corrected chi connectivity index (χ1v) is 12.6. The van der Waals surface area contributed by atoms with Gasteiger partial charge in [-0.25, -0.2) is 0 Å². The van der Waals surface area contributed by atoms with E-state index in [2.05, 4.69) is 25.2 Å². The molecule has 2 aliphatic rings. The van der Waals surface area contributed by atoms with Gasteiger partial charge in [0.15, 0.2) is 5.84 Å². The average molecular weight is 470 g/mol. The van der Waals surface area contributed by atoms with Crippen LogP contribution in [0.5, 0.6) is 0 Å². The lowest BCUT2D eigenvalue weighted by molar-refractivity contribution is -0.119. The Morgan fingerprint density at radius 3 is 2.88 bits per heavy atom. The van der Waals surface area contributed by atoms with Crippen LogP contribution in [0.3, 0.4) is 0 Å². The van der Waals surface area contributed by atoms with Gasteiger partial charge in [-0.05, 0) is 59.9 Å². The van der Waals surface area contributed by atoms with Gasteiger partial charge in [0.1, 0.15) is 10.9 Å². The zero-order valence-corrected chi connectivity index (χ0v) is 18.7. The fourth-order valence-electron chi connectivity index (χ4n) is 4.00. The van der Waals surface area contributed by atoms with E-state index in [-0.39, 0.29) is 10.8 Å². The molecule has 10 nitrogen and oxygen atoms in total. The molecule has 3 heterocycles. The number of hydrogen-bond acceptors (Lipinski definition) is 8. The molecule has 0 unspecified atom stereocenters. The fourth-order valence-corrected chi connectivity index (χ4v) is 5.65. The Bertz CT molecular complexity index is 1340. The quantitative estimate of drug-likeness (QED) is 0.575. The number of rotatable bonds is 4. The van der Waals surface area contributed by atoms with E-state index in [0.29, 0.717) is 35.2 Å². The van der Waals surface area contributed by atoms with E-state index in [1.165, 1.54) is 11.8 Å². The zero-order chi connectivity index (χ0) is 22.3. The molecule has 12 heteroatoms. The third-order valence-electron chi connectivity index (χ3n) is 5.42. The van der Waals surface area contributed by atoms with Gasteiger partial charge in [0.25, 0.3) is 10.0 Å². The molecule has 1 aromatic heterocycles. The normalized spacial score (nSPS) is 19.0. The highest BCUT2D eigenvalue weighted by atomic mass is 32.2. The molecule has 3 aromatic rings. The summed E-state index contributed by atoms with van der Waals surface area (Å²) in [5, 5.41) is 15.2. The lowest BCUT2D eigenvalue weighted by Crippen LogP contribution is -2.43. The predicted molar refractivity (Wildman–Crippen MR) is 119 cm³/mol. The first-order chi connectivity index (χ1) is 15.5. The van der Waals surface area contributed by atoms with Crippen LogP contribution in [-0.2, 0) is 14.8 Å². The number of amides is 1. The second-order valence-corrected chi connectivity index (χ2v) is 9.70. The number of thioether (sulfide) groups is 1. The second kappa shape index (κ2) is 8.02. The molecule has 0 bridgehead atoms. The van der Waals surface area contributed by atoms with Crippen molar-refractivity contribution in [3.05, 3.63) is 54.1 Å². The van der Waals surface area contributed by atoms with Crippen molar-refractivity contribution < 1.29 is 13.2 Å². The van der Waals surface area contributed by atoms with Gasteiger partial charge < -0.3 is 10.2 Å². The summed E-state index contributed by atoms with van der Waals surface area (Å²) in [6.45, 7) is 0.558. The van der Waals surface area contributed by atoms with E-state index in [4.69, 9.17) is 0 Å². The molecule has 5 rings (SSSR count). The third kappa shape index (κ3) is 3.54. The number of hydrogen-bond donors (Lipinski definition) is 1. The Kier molecular flexibility index (Phi) is 5.18. The Morgan fingerprint density at radius 2 is 2.03 bits per heavy atom. The zero-order valence-electron chi connectivity index (χ0n) is 17.0. The van der Waals surface area contributed by atoms with Gasteiger partial charge in [-0.1, -0.05) is 30.0 Å². The highest BCUT2D eigenvalue weighted by Gasteiger charge is 2.39. The number of benzene rings is 2. The van der Waals surface area contributed by atoms with Gasteiger partial charge in [-0.3, -0.25) is 4.79 Å². The standard InChI is InChI=1S/C20H19N7O3S2/c1-31-20-22-24-25-27(20)14-7-4-6-13(12-14)21-19(28)16-9-5-11-26(16)18-15-8-2-3-10-17(15)32(29,30)23-18/h2-4,6-8,10,12,16H,5,9,11H2,1H3,(H,21,28)/t16-/m0/s1. The van der Waals surface area contributed by atoms with Crippen LogP contribution in [0.2, 0.25) is 0 Å². The van der Waals surface area contributed by atoms with Crippen molar-refractivity contribution >= 4 is 39.2 Å². The van der Waals surface area contributed by atoms with E-state index < -0.39 is 16.1 Å². The molecule has 0 radical (unpaired) electrons. The molecule has 164 valence electrons. The molecule has 1 saturated heterocycles. The Labute approximate surface area is 188 Å². The molecule has 0 spiro atoms. The summed E-state index contributed by atoms with van der Waals surface area (Å²) >= 11 is 1.42. The topological polar surface area (TPSA) is 122 Å². The maximum atomic E-state index is 13.2. The van der Waals surface area contributed by atoms with Crippen LogP contribution in [0.15, 0.2) is 63.0 Å². The first kappa shape index (κ1) is 20.6. The minimum Gasteiger partial charge on any atom is -0.343 e. The largest absolute Gasteiger partial charge is 0.343 e. The smallest absolute Gasteiger partial charge is 0.285 e. The summed E-state index contributed by atoms with van der Waals surface area (Å²) in [6.07, 6.45) is 3.25. The van der Waals surface area contributed by atoms with E-state index >= 15 is 0 Å². The monoisotopic (exact) mass is 469 g/mol. The van der Waals surface area contributed by atoms with Crippen LogP contribution < -0.4 is 5.32 Å². The number of nitrogens with one attached hydrogen (secondary N) is 1. The molecule has 32 heavy (non-hydrogen) atoms. The number of amidine groups is 1. The predicted octanol–water partition coefficient (Wildman–Crippen LogP) is 1.94. The first-order valence-electron chi connectivity index (χ1n) is 9.92. The number of tetrazole rings is 1. The Balaban J connectivity index is 1.39. The van der Waals surface area contributed by atoms with Gasteiger partial charge in [0, 0.05) is 17.8 Å². The number of anilines is 1. The molecule has 0 saturated carbocycles. The van der Waals surface area contributed by atoms with Crippen molar-refractivity contribution in [3.8, 4) is 5.69 Å². The van der Waals surface area contributed by atoms with Crippen LogP contribution in [0.1, 0.15) is 18.4 Å². The molecule has 1 amide bonds. The lowest BCUT2D eigenvalue weighted by atomic mass is 10.1. The minimum atomic E-state index is -3.75. The van der Waals surface area contributed by atoms with Crippen molar-refractivity contribution in [2.75, 3.05) is 18.1 Å². The fraction of sp³-hybridized carbons (Fsp3) is 0.250. The van der Waals surface area contributed by atoms with E-state index in [1.807, 2.05) is 18.4 Å². The summed E-state index contributed by atoms with van der Waals surface area (Å²) < 4.78 is 30.5. The maximum Gasteiger partial charge on any atom is 0.285 e. The highest BCUT2D eigenvalue weighted by Crippen LogP contribution is 2.31. The van der Waals surface area contributed by atoms with Gasteiger partial charge >= 0.3 is 0 Å². The van der Waals surface area contributed by atoms with E-state index in [1.54, 1.807) is 46.0 Å². The number of likely N-dealkylation sites (tertiary alicyclic amines) is 1. The summed E-state index contributed by atoms with van der Waals surface area (Å²) in [5.41, 5.74) is 1.86. The number of fused-ring (bicyclic) bond motifs is 1. The second-order valence-electron chi connectivity index (χ2n) is 7.35. The van der Waals surface area contributed by atoms with Crippen LogP contribution in [0.25, 0.3) is 5.69 Å². The highest BCUT2D eigenvalue weighted by molar-refractivity contribution is 7.98. The molecular formula is C20H19N7O3S2. The molecule has 1 atom stereocenters. The number of nitrogens with zero attached hydrogens (tertiary/aromatic N) is 6. The third-order valence-corrected chi connectivity index (χ3v) is 7.37. The van der Waals surface area contributed by atoms with Crippen molar-refractivity contribution in [1.82, 2.24) is 25.1 Å². The van der Waals surface area contributed by atoms with Gasteiger partial charge in [0.2, 0.25) is 11.1 Å². The maximum absolute atomic E-state index is 13.2. The molecule has 1 fully saturated rings. The van der Waals surface area contributed by atoms with Crippen LogP contribution in [0, 0.1) is 0 Å². The van der Waals surface area contributed by atoms with Gasteiger partial charge in [-0.15, -0.1) is 9.50 Å². The number of sulfonamides is 1. The van der Waals surface area contributed by atoms with Gasteiger partial charge in [-0.2, -0.15) is 13.1 Å². The summed E-state index contributed by atoms with van der Waals surface area (Å²) in [7, 11) is -3.75. The van der Waals surface area contributed by atoms with Crippen LogP contribution in [-0.4, -0.2) is 64.1 Å². The number of aromatic nitrogens is 4. The van der Waals surface area contributed by atoms with Crippen molar-refractivity contribution in [3.63, 3.8) is 0 Å². The minimum absolute atomic E-state index is 0.180. The molecule has 0 aliphatic carbocycles. The lowest BCUT2D eigenvalue weighted by Gasteiger charge is -2.25. The average Bonchev–Trinajstić information content (AvgIpc) is 3.52. The Hall–Kier alpha value is -3.25. The number of carbonyl (C=O) groups excluding carboxylic acids is 1. The SMILES string of the molecule is CSc1nnnn1-c1cccc(NC(=O)[C@@H]2CCCN2C2=NS(=O)(=O)c3ccccc32)c1. The van der Waals surface area contributed by atoms with E-state index in [9.17, 15) is 13.2 Å². The summed E-state index contributed by atoms with van der Waals surface area (Å²) in [6, 6.07) is 13.4. The van der Waals surface area contributed by atoms with E-state index in [0.717, 1.165) is 12.1 Å². The molecule has 2 aromatic carbocycles. The summed E-state index contributed by atoms with van der Waals surface area (Å²) in [4.78, 5) is 15.1. The molecular weight excluding hydrogens is 450 g/mol. The van der Waals surface area contributed by atoms with Gasteiger partial charge in [0.05, 0.1) is 5.69 Å². The molecule has 1 N–H and O–H groups in total.